The van der Waals surface area contributed by atoms with Crippen LogP contribution in [0.2, 0.25) is 0 Å². The Kier molecular flexibility index (Phi) is 10.7. The van der Waals surface area contributed by atoms with Gasteiger partial charge in [0.1, 0.15) is 5.75 Å². The second-order valence-electron chi connectivity index (χ2n) is 8.09. The van der Waals surface area contributed by atoms with Crippen molar-refractivity contribution < 1.29 is 9.90 Å². The van der Waals surface area contributed by atoms with Crippen LogP contribution in [0.25, 0.3) is 0 Å². The summed E-state index contributed by atoms with van der Waals surface area (Å²) in [5, 5.41) is 13.5. The number of phenolic OH excluding ortho intramolecular Hbond substituents is 1. The first-order valence-corrected chi connectivity index (χ1v) is 11.2. The summed E-state index contributed by atoms with van der Waals surface area (Å²) in [5.74, 6) is 1.13. The smallest absolute Gasteiger partial charge is 0.221 e. The molecule has 0 spiro atoms. The van der Waals surface area contributed by atoms with Crippen molar-refractivity contribution in [3.05, 3.63) is 24.3 Å². The zero-order valence-electron chi connectivity index (χ0n) is 18.5. The summed E-state index contributed by atoms with van der Waals surface area (Å²) in [6.45, 7) is 9.91. The number of nitrogens with two attached hydrogens (primary N) is 1. The van der Waals surface area contributed by atoms with Crippen LogP contribution in [0.5, 0.6) is 5.75 Å². The first-order chi connectivity index (χ1) is 14.6. The highest BCUT2D eigenvalue weighted by molar-refractivity contribution is 14.0. The van der Waals surface area contributed by atoms with Crippen molar-refractivity contribution in [2.45, 2.75) is 26.2 Å². The number of guanidine groups is 1. The molecule has 0 aliphatic carbocycles. The van der Waals surface area contributed by atoms with E-state index in [0.29, 0.717) is 5.75 Å². The van der Waals surface area contributed by atoms with Gasteiger partial charge in [0.2, 0.25) is 5.91 Å². The highest BCUT2D eigenvalue weighted by Crippen LogP contribution is 2.27. The van der Waals surface area contributed by atoms with E-state index >= 15 is 0 Å². The van der Waals surface area contributed by atoms with Gasteiger partial charge in [0, 0.05) is 45.8 Å². The molecule has 0 aromatic heterocycles. The zero-order chi connectivity index (χ0) is 21.3. The van der Waals surface area contributed by atoms with Gasteiger partial charge in [-0.05, 0) is 51.4 Å². The maximum Gasteiger partial charge on any atom is 0.221 e. The van der Waals surface area contributed by atoms with Gasteiger partial charge in [-0.2, -0.15) is 0 Å². The number of para-hydroxylation sites is 2. The van der Waals surface area contributed by atoms with Crippen molar-refractivity contribution in [2.75, 3.05) is 63.8 Å². The highest BCUT2D eigenvalue weighted by atomic mass is 127. The predicted molar refractivity (Wildman–Crippen MR) is 136 cm³/mol. The number of nitrogens with zero attached hydrogens (tertiary/aromatic N) is 4. The maximum absolute atomic E-state index is 11.4. The summed E-state index contributed by atoms with van der Waals surface area (Å²) < 4.78 is 0. The first-order valence-electron chi connectivity index (χ1n) is 11.2. The number of hydrogen-bond acceptors (Lipinski definition) is 5. The van der Waals surface area contributed by atoms with Gasteiger partial charge in [0.25, 0.3) is 0 Å². The molecule has 3 rings (SSSR count). The van der Waals surface area contributed by atoms with E-state index in [1.165, 1.54) is 0 Å². The van der Waals surface area contributed by atoms with Gasteiger partial charge >= 0.3 is 0 Å². The molecule has 0 bridgehead atoms. The van der Waals surface area contributed by atoms with Gasteiger partial charge in [-0.15, -0.1) is 24.0 Å². The van der Waals surface area contributed by atoms with Gasteiger partial charge < -0.3 is 30.9 Å². The molecule has 1 unspecified atom stereocenters. The number of halogens is 1. The molecule has 1 amide bonds. The molecule has 1 aromatic rings. The number of aliphatic imine (C=N–C) groups is 1. The second kappa shape index (κ2) is 12.9. The lowest BCUT2D eigenvalue weighted by Crippen LogP contribution is -2.52. The zero-order valence-corrected chi connectivity index (χ0v) is 20.8. The number of piperidine rings is 1. The number of hydrogen-bond donors (Lipinski definition) is 3. The van der Waals surface area contributed by atoms with Gasteiger partial charge in [0.05, 0.1) is 11.6 Å². The maximum atomic E-state index is 11.4. The number of rotatable bonds is 7. The summed E-state index contributed by atoms with van der Waals surface area (Å²) in [5.41, 5.74) is 6.37. The number of benzene rings is 1. The minimum atomic E-state index is -0.171. The average Bonchev–Trinajstić information content (AvgIpc) is 2.76. The molecule has 0 saturated carbocycles. The van der Waals surface area contributed by atoms with Crippen molar-refractivity contribution in [1.29, 1.82) is 0 Å². The van der Waals surface area contributed by atoms with E-state index in [9.17, 15) is 9.90 Å². The summed E-state index contributed by atoms with van der Waals surface area (Å²) in [4.78, 5) is 23.1. The molecule has 8 nitrogen and oxygen atoms in total. The van der Waals surface area contributed by atoms with Gasteiger partial charge in [-0.3, -0.25) is 9.79 Å². The number of phenols is 1. The molecular weight excluding hydrogens is 507 g/mol. The quantitative estimate of drug-likeness (QED) is 0.209. The fourth-order valence-electron chi connectivity index (χ4n) is 4.29. The Hall–Kier alpha value is -1.75. The summed E-state index contributed by atoms with van der Waals surface area (Å²) in [6.07, 6.45) is 2.93. The Morgan fingerprint density at radius 3 is 2.65 bits per heavy atom. The average molecular weight is 544 g/mol. The van der Waals surface area contributed by atoms with Crippen LogP contribution in [-0.2, 0) is 4.79 Å². The van der Waals surface area contributed by atoms with E-state index < -0.39 is 0 Å². The number of aromatic hydroxyl groups is 1. The molecule has 2 aliphatic heterocycles. The van der Waals surface area contributed by atoms with Gasteiger partial charge in [-0.25, -0.2) is 0 Å². The number of anilines is 1. The number of carbonyl (C=O) groups excluding carboxylic acids is 1. The Morgan fingerprint density at radius 1 is 1.23 bits per heavy atom. The Morgan fingerprint density at radius 2 is 1.97 bits per heavy atom. The molecule has 0 radical (unpaired) electrons. The van der Waals surface area contributed by atoms with Crippen LogP contribution in [0, 0.1) is 5.92 Å². The molecule has 2 saturated heterocycles. The van der Waals surface area contributed by atoms with Crippen LogP contribution in [0.3, 0.4) is 0 Å². The lowest BCUT2D eigenvalue weighted by molar-refractivity contribution is -0.123. The second-order valence-corrected chi connectivity index (χ2v) is 8.09. The molecule has 1 aromatic carbocycles. The molecule has 4 N–H and O–H groups in total. The molecule has 2 aliphatic rings. The molecular formula is C22H37IN6O2. The predicted octanol–water partition coefficient (Wildman–Crippen LogP) is 1.69. The largest absolute Gasteiger partial charge is 0.506 e. The van der Waals surface area contributed by atoms with Crippen LogP contribution in [0.1, 0.15) is 26.2 Å². The molecule has 2 heterocycles. The third kappa shape index (κ3) is 7.41. The molecule has 1 atom stereocenters. The molecule has 31 heavy (non-hydrogen) atoms. The van der Waals surface area contributed by atoms with Crippen molar-refractivity contribution >= 4 is 41.5 Å². The van der Waals surface area contributed by atoms with Crippen molar-refractivity contribution in [1.82, 2.24) is 15.1 Å². The number of likely N-dealkylation sites (tertiary alicyclic amines) is 1. The van der Waals surface area contributed by atoms with Crippen LogP contribution in [-0.4, -0.2) is 85.7 Å². The lowest BCUT2D eigenvalue weighted by Gasteiger charge is -2.38. The summed E-state index contributed by atoms with van der Waals surface area (Å²) in [7, 11) is 0. The van der Waals surface area contributed by atoms with Crippen molar-refractivity contribution in [2.24, 2.45) is 16.6 Å². The molecule has 174 valence electrons. The molecule has 9 heteroatoms. The fraction of sp³-hybridized carbons (Fsp3) is 0.636. The van der Waals surface area contributed by atoms with E-state index in [1.54, 1.807) is 6.07 Å². The number of amides is 1. The Labute approximate surface area is 202 Å². The van der Waals surface area contributed by atoms with E-state index in [-0.39, 0.29) is 35.8 Å². The monoisotopic (exact) mass is 544 g/mol. The minimum absolute atomic E-state index is 0. The third-order valence-electron chi connectivity index (χ3n) is 5.94. The van der Waals surface area contributed by atoms with Crippen LogP contribution < -0.4 is 16.0 Å². The Bertz CT molecular complexity index is 724. The van der Waals surface area contributed by atoms with Gasteiger partial charge in [0.15, 0.2) is 5.96 Å². The van der Waals surface area contributed by atoms with Crippen LogP contribution in [0.4, 0.5) is 5.69 Å². The standard InChI is InChI=1S/C22H36N6O2.HI/c1-2-24-22(25-10-6-12-26-11-5-7-18(17-26)21(23)30)28-15-13-27(14-16-28)19-8-3-4-9-20(19)29;/h3-4,8-9,18,29H,2,5-7,10-17H2,1H3,(H2,23,30)(H,24,25);1H. The van der Waals surface area contributed by atoms with Crippen molar-refractivity contribution in [3.8, 4) is 5.75 Å². The number of carbonyl (C=O) groups is 1. The van der Waals surface area contributed by atoms with Crippen LogP contribution in [0.15, 0.2) is 29.3 Å². The SMILES string of the molecule is CCNC(=NCCCN1CCCC(C(N)=O)C1)N1CCN(c2ccccc2O)CC1.I. The highest BCUT2D eigenvalue weighted by Gasteiger charge is 2.24. The summed E-state index contributed by atoms with van der Waals surface area (Å²) >= 11 is 0. The Balaban J connectivity index is 0.00000341. The first kappa shape index (κ1) is 25.5. The lowest BCUT2D eigenvalue weighted by atomic mass is 9.97. The minimum Gasteiger partial charge on any atom is -0.506 e. The van der Waals surface area contributed by atoms with E-state index in [1.807, 2.05) is 18.2 Å². The fourth-order valence-corrected chi connectivity index (χ4v) is 4.29. The normalized spacial score (nSPS) is 20.3. The summed E-state index contributed by atoms with van der Waals surface area (Å²) in [6, 6.07) is 7.51. The molecule has 2 fully saturated rings. The van der Waals surface area contributed by atoms with Crippen molar-refractivity contribution in [3.63, 3.8) is 0 Å². The van der Waals surface area contributed by atoms with E-state index in [0.717, 1.165) is 89.8 Å². The number of nitrogens with one attached hydrogen (secondary N) is 1. The number of primary amides is 1. The van der Waals surface area contributed by atoms with E-state index in [2.05, 4.69) is 26.9 Å². The number of piperazine rings is 1. The third-order valence-corrected chi connectivity index (χ3v) is 5.94. The van der Waals surface area contributed by atoms with Crippen LogP contribution >= 0.6 is 24.0 Å². The van der Waals surface area contributed by atoms with E-state index in [4.69, 9.17) is 10.7 Å². The van der Waals surface area contributed by atoms with Gasteiger partial charge in [-0.1, -0.05) is 12.1 Å². The topological polar surface area (TPSA) is 97.4 Å².